The Hall–Kier alpha value is -1.13. The van der Waals surface area contributed by atoms with Gasteiger partial charge in [-0.25, -0.2) is 0 Å². The van der Waals surface area contributed by atoms with Crippen molar-refractivity contribution in [2.45, 2.75) is 89.4 Å². The summed E-state index contributed by atoms with van der Waals surface area (Å²) in [6, 6.07) is 0. The molecule has 3 fully saturated rings. The van der Waals surface area contributed by atoms with Crippen LogP contribution in [0.3, 0.4) is 0 Å². The molecule has 4 heteroatoms. The zero-order chi connectivity index (χ0) is 18.8. The summed E-state index contributed by atoms with van der Waals surface area (Å²) in [5, 5.41) is 10.1. The number of fused-ring (bicyclic) bond motifs is 2. The largest absolute Gasteiger partial charge is 0.469 e. The SMILES string of the molecule is CCCCC[C@H](O)/C=C/C1OC2CC(C2)[C@@H]1C/C=C\CCCC(=O)OC. The third-order valence-corrected chi connectivity index (χ3v) is 5.69. The smallest absolute Gasteiger partial charge is 0.305 e. The fourth-order valence-corrected chi connectivity index (χ4v) is 3.95. The summed E-state index contributed by atoms with van der Waals surface area (Å²) in [7, 11) is 1.43. The molecule has 1 saturated carbocycles. The molecule has 0 radical (unpaired) electrons. The molecule has 2 saturated heterocycles. The molecule has 2 bridgehead atoms. The van der Waals surface area contributed by atoms with E-state index in [0.29, 0.717) is 18.4 Å². The van der Waals surface area contributed by atoms with Crippen LogP contribution >= 0.6 is 0 Å². The molecule has 1 N–H and O–H groups in total. The molecule has 2 heterocycles. The van der Waals surface area contributed by atoms with Gasteiger partial charge in [-0.3, -0.25) is 4.79 Å². The maximum atomic E-state index is 11.1. The summed E-state index contributed by atoms with van der Waals surface area (Å²) in [6.07, 6.45) is 18.6. The summed E-state index contributed by atoms with van der Waals surface area (Å²) in [5.41, 5.74) is 0. The van der Waals surface area contributed by atoms with Gasteiger partial charge in [-0.1, -0.05) is 50.5 Å². The lowest BCUT2D eigenvalue weighted by Crippen LogP contribution is -2.49. The van der Waals surface area contributed by atoms with Crippen LogP contribution in [-0.2, 0) is 14.3 Å². The minimum Gasteiger partial charge on any atom is -0.469 e. The average Bonchev–Trinajstić information content (AvgIpc) is 2.62. The van der Waals surface area contributed by atoms with E-state index in [1.165, 1.54) is 32.8 Å². The Morgan fingerprint density at radius 3 is 2.81 bits per heavy atom. The van der Waals surface area contributed by atoms with Gasteiger partial charge in [0, 0.05) is 6.42 Å². The lowest BCUT2D eigenvalue weighted by Gasteiger charge is -2.50. The highest BCUT2D eigenvalue weighted by atomic mass is 16.5. The molecule has 26 heavy (non-hydrogen) atoms. The Morgan fingerprint density at radius 2 is 2.08 bits per heavy atom. The molecule has 0 aromatic heterocycles. The molecule has 0 spiro atoms. The molecule has 3 atom stereocenters. The van der Waals surface area contributed by atoms with Crippen LogP contribution in [0.25, 0.3) is 0 Å². The minimum absolute atomic E-state index is 0.132. The molecule has 2 aliphatic heterocycles. The first-order chi connectivity index (χ1) is 12.6. The number of unbranched alkanes of at least 4 members (excludes halogenated alkanes) is 3. The molecule has 3 aliphatic rings. The molecule has 0 amide bonds. The minimum atomic E-state index is -0.349. The van der Waals surface area contributed by atoms with Crippen molar-refractivity contribution in [2.75, 3.05) is 7.11 Å². The molecule has 1 unspecified atom stereocenters. The summed E-state index contributed by atoms with van der Waals surface area (Å²) < 4.78 is 10.8. The van der Waals surface area contributed by atoms with Crippen molar-refractivity contribution in [3.63, 3.8) is 0 Å². The molecule has 1 aliphatic carbocycles. The van der Waals surface area contributed by atoms with Crippen molar-refractivity contribution in [3.8, 4) is 0 Å². The van der Waals surface area contributed by atoms with Gasteiger partial charge in [0.25, 0.3) is 0 Å². The first-order valence-corrected chi connectivity index (χ1v) is 10.4. The number of carbonyl (C=O) groups is 1. The Balaban J connectivity index is 1.74. The van der Waals surface area contributed by atoms with Crippen molar-refractivity contribution >= 4 is 5.97 Å². The van der Waals surface area contributed by atoms with E-state index in [1.54, 1.807) is 0 Å². The van der Waals surface area contributed by atoms with E-state index < -0.39 is 0 Å². The van der Waals surface area contributed by atoms with Crippen LogP contribution in [0.4, 0.5) is 0 Å². The number of esters is 1. The van der Waals surface area contributed by atoms with E-state index in [9.17, 15) is 9.90 Å². The topological polar surface area (TPSA) is 55.8 Å². The van der Waals surface area contributed by atoms with Gasteiger partial charge in [0.2, 0.25) is 0 Å². The Bertz CT molecular complexity index is 465. The fourth-order valence-electron chi connectivity index (χ4n) is 3.95. The number of ether oxygens (including phenoxy) is 2. The summed E-state index contributed by atoms with van der Waals surface area (Å²) >= 11 is 0. The maximum Gasteiger partial charge on any atom is 0.305 e. The van der Waals surface area contributed by atoms with Crippen LogP contribution in [0.15, 0.2) is 24.3 Å². The first kappa shape index (κ1) is 21.2. The van der Waals surface area contributed by atoms with Gasteiger partial charge in [-0.2, -0.15) is 0 Å². The third-order valence-electron chi connectivity index (χ3n) is 5.69. The van der Waals surface area contributed by atoms with Gasteiger partial charge in [0.05, 0.1) is 25.4 Å². The molecular weight excluding hydrogens is 328 g/mol. The van der Waals surface area contributed by atoms with E-state index in [1.807, 2.05) is 6.08 Å². The number of hydrogen-bond acceptors (Lipinski definition) is 4. The van der Waals surface area contributed by atoms with Gasteiger partial charge < -0.3 is 14.6 Å². The fraction of sp³-hybridized carbons (Fsp3) is 0.773. The standard InChI is InChI=1S/C22H36O4/c1-3-4-7-10-18(23)13-14-21-20(17-15-19(16-17)26-21)11-8-5-6-9-12-22(24)25-2/h5,8,13-14,17-21,23H,3-4,6-7,9-12,15-16H2,1-2H3/b8-5-,14-13+/t17?,18-,19?,20-,21?/m0/s1. The maximum absolute atomic E-state index is 11.1. The van der Waals surface area contributed by atoms with E-state index in [2.05, 4.69) is 29.9 Å². The third kappa shape index (κ3) is 6.88. The zero-order valence-electron chi connectivity index (χ0n) is 16.4. The number of carbonyl (C=O) groups excluding carboxylic acids is 1. The molecule has 3 rings (SSSR count). The molecule has 0 aromatic carbocycles. The van der Waals surface area contributed by atoms with Gasteiger partial charge in [0.1, 0.15) is 0 Å². The predicted molar refractivity (Wildman–Crippen MR) is 104 cm³/mol. The lowest BCUT2D eigenvalue weighted by atomic mass is 9.67. The Labute approximate surface area is 158 Å². The summed E-state index contributed by atoms with van der Waals surface area (Å²) in [4.78, 5) is 11.1. The number of rotatable bonds is 12. The Kier molecular flexibility index (Phi) is 9.41. The molecule has 0 aromatic rings. The van der Waals surface area contributed by atoms with Crippen molar-refractivity contribution < 1.29 is 19.4 Å². The zero-order valence-corrected chi connectivity index (χ0v) is 16.4. The number of aliphatic hydroxyl groups is 1. The monoisotopic (exact) mass is 364 g/mol. The second-order valence-electron chi connectivity index (χ2n) is 7.74. The summed E-state index contributed by atoms with van der Waals surface area (Å²) in [6.45, 7) is 2.18. The molecule has 148 valence electrons. The van der Waals surface area contributed by atoms with E-state index in [-0.39, 0.29) is 18.2 Å². The second-order valence-corrected chi connectivity index (χ2v) is 7.74. The van der Waals surface area contributed by atoms with Crippen LogP contribution < -0.4 is 0 Å². The number of methoxy groups -OCH3 is 1. The van der Waals surface area contributed by atoms with Crippen molar-refractivity contribution in [2.24, 2.45) is 11.8 Å². The van der Waals surface area contributed by atoms with Crippen LogP contribution in [0.1, 0.15) is 71.1 Å². The van der Waals surface area contributed by atoms with Gasteiger partial charge >= 0.3 is 5.97 Å². The highest BCUT2D eigenvalue weighted by Crippen LogP contribution is 2.46. The normalized spacial score (nSPS) is 29.0. The molecule has 4 nitrogen and oxygen atoms in total. The van der Waals surface area contributed by atoms with Crippen LogP contribution in [0.2, 0.25) is 0 Å². The van der Waals surface area contributed by atoms with E-state index in [0.717, 1.165) is 38.0 Å². The highest BCUT2D eigenvalue weighted by Gasteiger charge is 2.45. The van der Waals surface area contributed by atoms with Gasteiger partial charge in [-0.15, -0.1) is 0 Å². The number of aliphatic hydroxyl groups excluding tert-OH is 1. The van der Waals surface area contributed by atoms with Crippen molar-refractivity contribution in [3.05, 3.63) is 24.3 Å². The summed E-state index contributed by atoms with van der Waals surface area (Å²) in [5.74, 6) is 1.12. The average molecular weight is 365 g/mol. The van der Waals surface area contributed by atoms with Gasteiger partial charge in [-0.05, 0) is 50.4 Å². The molecular formula is C22H36O4. The van der Waals surface area contributed by atoms with Crippen molar-refractivity contribution in [1.29, 1.82) is 0 Å². The number of allylic oxidation sites excluding steroid dienone is 2. The first-order valence-electron chi connectivity index (χ1n) is 10.4. The van der Waals surface area contributed by atoms with Crippen molar-refractivity contribution in [1.82, 2.24) is 0 Å². The second kappa shape index (κ2) is 11.6. The number of hydrogen-bond donors (Lipinski definition) is 1. The van der Waals surface area contributed by atoms with Crippen LogP contribution in [-0.4, -0.2) is 36.5 Å². The van der Waals surface area contributed by atoms with E-state index >= 15 is 0 Å². The lowest BCUT2D eigenvalue weighted by molar-refractivity contribution is -0.159. The van der Waals surface area contributed by atoms with Crippen LogP contribution in [0, 0.1) is 11.8 Å². The predicted octanol–water partition coefficient (Wildman–Crippen LogP) is 4.57. The van der Waals surface area contributed by atoms with Gasteiger partial charge in [0.15, 0.2) is 0 Å². The Morgan fingerprint density at radius 1 is 1.27 bits per heavy atom. The van der Waals surface area contributed by atoms with Crippen LogP contribution in [0.5, 0.6) is 0 Å². The highest BCUT2D eigenvalue weighted by molar-refractivity contribution is 5.69. The van der Waals surface area contributed by atoms with E-state index in [4.69, 9.17) is 4.74 Å². The quantitative estimate of drug-likeness (QED) is 0.313.